The van der Waals surface area contributed by atoms with Crippen molar-refractivity contribution in [3.8, 4) is 0 Å². The number of hydrogen-bond acceptors (Lipinski definition) is 3. The third-order valence-electron chi connectivity index (χ3n) is 1.65. The average molecular weight is 186 g/mol. The zero-order chi connectivity index (χ0) is 9.94. The van der Waals surface area contributed by atoms with Crippen molar-refractivity contribution in [3.63, 3.8) is 0 Å². The van der Waals surface area contributed by atoms with Gasteiger partial charge in [-0.2, -0.15) is 0 Å². The van der Waals surface area contributed by atoms with Gasteiger partial charge in [0.1, 0.15) is 6.61 Å². The average Bonchev–Trinajstić information content (AvgIpc) is 2.16. The molecule has 0 aromatic rings. The van der Waals surface area contributed by atoms with Crippen LogP contribution >= 0.6 is 0 Å². The molecule has 0 amide bonds. The van der Waals surface area contributed by atoms with Crippen molar-refractivity contribution in [1.82, 2.24) is 0 Å². The highest BCUT2D eigenvalue weighted by atomic mass is 16.5. The first-order valence-electron chi connectivity index (χ1n) is 4.76. The second kappa shape index (κ2) is 9.26. The molecule has 0 saturated heterocycles. The van der Waals surface area contributed by atoms with Crippen molar-refractivity contribution in [2.45, 2.75) is 39.0 Å². The topological polar surface area (TPSA) is 46.5 Å². The minimum absolute atomic E-state index is 0.555. The first kappa shape index (κ1) is 12.2. The Morgan fingerprint density at radius 1 is 1.38 bits per heavy atom. The number of aliphatic hydroxyl groups is 1. The lowest BCUT2D eigenvalue weighted by Crippen LogP contribution is -2.04. The summed E-state index contributed by atoms with van der Waals surface area (Å²) < 4.78 is 4.53. The minimum atomic E-state index is -0.607. The van der Waals surface area contributed by atoms with Crippen LogP contribution in [0.1, 0.15) is 39.0 Å². The van der Waals surface area contributed by atoms with Gasteiger partial charge in [0, 0.05) is 0 Å². The van der Waals surface area contributed by atoms with Gasteiger partial charge in [0.25, 0.3) is 0 Å². The molecule has 0 atom stereocenters. The molecule has 0 aliphatic carbocycles. The van der Waals surface area contributed by atoms with Crippen molar-refractivity contribution in [1.29, 1.82) is 0 Å². The van der Waals surface area contributed by atoms with E-state index in [1.54, 1.807) is 0 Å². The van der Waals surface area contributed by atoms with E-state index in [1.807, 2.05) is 6.08 Å². The number of hydrogen-bond donors (Lipinski definition) is 1. The van der Waals surface area contributed by atoms with E-state index in [9.17, 15) is 4.79 Å². The van der Waals surface area contributed by atoms with Gasteiger partial charge in [0.2, 0.25) is 0 Å². The molecule has 3 heteroatoms. The molecule has 76 valence electrons. The van der Waals surface area contributed by atoms with Gasteiger partial charge in [0.15, 0.2) is 0 Å². The van der Waals surface area contributed by atoms with Crippen LogP contribution in [0.15, 0.2) is 12.3 Å². The highest BCUT2D eigenvalue weighted by molar-refractivity contribution is 5.70. The molecule has 0 heterocycles. The van der Waals surface area contributed by atoms with Crippen molar-refractivity contribution in [2.24, 2.45) is 0 Å². The summed E-state index contributed by atoms with van der Waals surface area (Å²) in [5.41, 5.74) is 0. The number of unbranched alkanes of at least 4 members (excludes halogenated alkanes) is 4. The number of esters is 1. The zero-order valence-corrected chi connectivity index (χ0v) is 8.16. The number of carbonyl (C=O) groups excluding carboxylic acids is 1. The van der Waals surface area contributed by atoms with Crippen molar-refractivity contribution in [2.75, 3.05) is 6.61 Å². The summed E-state index contributed by atoms with van der Waals surface area (Å²) in [5, 5.41) is 8.30. The van der Waals surface area contributed by atoms with Crippen LogP contribution in [0, 0.1) is 0 Å². The Labute approximate surface area is 79.4 Å². The summed E-state index contributed by atoms with van der Waals surface area (Å²) in [5.74, 6) is -0.607. The fourth-order valence-electron chi connectivity index (χ4n) is 0.918. The molecular formula is C10H18O3. The van der Waals surface area contributed by atoms with E-state index in [1.165, 1.54) is 25.5 Å². The summed E-state index contributed by atoms with van der Waals surface area (Å²) in [7, 11) is 0. The lowest BCUT2D eigenvalue weighted by molar-refractivity contribution is -0.141. The smallest absolute Gasteiger partial charge is 0.336 e. The molecule has 0 bridgehead atoms. The van der Waals surface area contributed by atoms with Crippen LogP contribution in [-0.2, 0) is 9.53 Å². The Morgan fingerprint density at radius 2 is 2.15 bits per heavy atom. The monoisotopic (exact) mass is 186 g/mol. The summed E-state index contributed by atoms with van der Waals surface area (Å²) in [6.07, 6.45) is 8.91. The third-order valence-corrected chi connectivity index (χ3v) is 1.65. The molecule has 0 fully saturated rings. The van der Waals surface area contributed by atoms with Crippen LogP contribution < -0.4 is 0 Å². The van der Waals surface area contributed by atoms with Gasteiger partial charge in [0.05, 0.1) is 6.26 Å². The van der Waals surface area contributed by atoms with Gasteiger partial charge in [-0.15, -0.1) is 0 Å². The van der Waals surface area contributed by atoms with E-state index in [4.69, 9.17) is 5.11 Å². The molecule has 0 aliphatic heterocycles. The van der Waals surface area contributed by atoms with Gasteiger partial charge in [-0.1, -0.05) is 26.2 Å². The predicted octanol–water partition coefficient (Wildman–Crippen LogP) is 2.01. The summed E-state index contributed by atoms with van der Waals surface area (Å²) >= 11 is 0. The largest absolute Gasteiger partial charge is 0.433 e. The molecule has 0 spiro atoms. The minimum Gasteiger partial charge on any atom is -0.433 e. The second-order valence-electron chi connectivity index (χ2n) is 2.87. The van der Waals surface area contributed by atoms with Crippen LogP contribution in [0.5, 0.6) is 0 Å². The Morgan fingerprint density at radius 3 is 2.77 bits per heavy atom. The SMILES string of the molecule is CCCCCC/C=C/OC(=O)CO. The molecule has 0 aromatic heterocycles. The van der Waals surface area contributed by atoms with Crippen LogP contribution in [0.25, 0.3) is 0 Å². The number of allylic oxidation sites excluding steroid dienone is 1. The van der Waals surface area contributed by atoms with Gasteiger partial charge < -0.3 is 9.84 Å². The van der Waals surface area contributed by atoms with Crippen molar-refractivity contribution >= 4 is 5.97 Å². The Kier molecular flexibility index (Phi) is 8.67. The van der Waals surface area contributed by atoms with E-state index in [0.717, 1.165) is 12.8 Å². The molecule has 13 heavy (non-hydrogen) atoms. The predicted molar refractivity (Wildman–Crippen MR) is 51.1 cm³/mol. The molecule has 0 aromatic carbocycles. The van der Waals surface area contributed by atoms with E-state index in [-0.39, 0.29) is 0 Å². The normalized spacial score (nSPS) is 10.6. The van der Waals surface area contributed by atoms with E-state index < -0.39 is 12.6 Å². The maximum Gasteiger partial charge on any atom is 0.336 e. The molecular weight excluding hydrogens is 168 g/mol. The highest BCUT2D eigenvalue weighted by Crippen LogP contribution is 2.02. The highest BCUT2D eigenvalue weighted by Gasteiger charge is 1.93. The molecule has 0 aliphatic rings. The molecule has 0 saturated carbocycles. The van der Waals surface area contributed by atoms with Gasteiger partial charge in [-0.05, 0) is 18.9 Å². The zero-order valence-electron chi connectivity index (χ0n) is 8.16. The summed E-state index contributed by atoms with van der Waals surface area (Å²) in [6, 6.07) is 0. The van der Waals surface area contributed by atoms with Crippen LogP contribution in [-0.4, -0.2) is 17.7 Å². The van der Waals surface area contributed by atoms with Gasteiger partial charge >= 0.3 is 5.97 Å². The molecule has 0 rings (SSSR count). The Bertz CT molecular complexity index is 152. The number of ether oxygens (including phenoxy) is 1. The standard InChI is InChI=1S/C10H18O3/c1-2-3-4-5-6-7-8-13-10(12)9-11/h7-8,11H,2-6,9H2,1H3/b8-7+. The molecule has 1 N–H and O–H groups in total. The second-order valence-corrected chi connectivity index (χ2v) is 2.87. The van der Waals surface area contributed by atoms with Crippen LogP contribution in [0.3, 0.4) is 0 Å². The third kappa shape index (κ3) is 9.08. The number of aliphatic hydroxyl groups excluding tert-OH is 1. The van der Waals surface area contributed by atoms with Crippen LogP contribution in [0.2, 0.25) is 0 Å². The maximum atomic E-state index is 10.4. The number of carbonyl (C=O) groups is 1. The summed E-state index contributed by atoms with van der Waals surface area (Å²) in [4.78, 5) is 10.4. The molecule has 0 unspecified atom stereocenters. The van der Waals surface area contributed by atoms with E-state index in [2.05, 4.69) is 11.7 Å². The van der Waals surface area contributed by atoms with E-state index >= 15 is 0 Å². The lowest BCUT2D eigenvalue weighted by atomic mass is 10.1. The number of rotatable bonds is 7. The molecule has 0 radical (unpaired) electrons. The fourth-order valence-corrected chi connectivity index (χ4v) is 0.918. The van der Waals surface area contributed by atoms with Crippen molar-refractivity contribution in [3.05, 3.63) is 12.3 Å². The van der Waals surface area contributed by atoms with Gasteiger partial charge in [-0.3, -0.25) is 0 Å². The fraction of sp³-hybridized carbons (Fsp3) is 0.700. The maximum absolute atomic E-state index is 10.4. The van der Waals surface area contributed by atoms with Crippen molar-refractivity contribution < 1.29 is 14.6 Å². The first-order valence-corrected chi connectivity index (χ1v) is 4.76. The van der Waals surface area contributed by atoms with E-state index in [0.29, 0.717) is 0 Å². The summed E-state index contributed by atoms with van der Waals surface area (Å²) in [6.45, 7) is 1.61. The molecule has 3 nitrogen and oxygen atoms in total. The lowest BCUT2D eigenvalue weighted by Gasteiger charge is -1.95. The van der Waals surface area contributed by atoms with Gasteiger partial charge in [-0.25, -0.2) is 4.79 Å². The Balaban J connectivity index is 3.17. The van der Waals surface area contributed by atoms with Crippen LogP contribution in [0.4, 0.5) is 0 Å². The quantitative estimate of drug-likeness (QED) is 0.376. The Hall–Kier alpha value is -0.830. The first-order chi connectivity index (χ1) is 6.31.